The number of nitrogens with two attached hydrogens (primary N) is 1. The molecule has 15 heavy (non-hydrogen) atoms. The van der Waals surface area contributed by atoms with Crippen molar-refractivity contribution in [3.05, 3.63) is 23.9 Å². The summed E-state index contributed by atoms with van der Waals surface area (Å²) in [7, 11) is 0. The van der Waals surface area contributed by atoms with E-state index in [1.807, 2.05) is 6.92 Å². The Balaban J connectivity index is 2.81. The van der Waals surface area contributed by atoms with Crippen molar-refractivity contribution in [2.24, 2.45) is 5.73 Å². The number of pyridine rings is 1. The van der Waals surface area contributed by atoms with Gasteiger partial charge in [-0.05, 0) is 19.9 Å². The Morgan fingerprint density at radius 1 is 1.47 bits per heavy atom. The lowest BCUT2D eigenvalue weighted by molar-refractivity contribution is 0.566. The van der Waals surface area contributed by atoms with E-state index in [1.54, 1.807) is 4.90 Å². The highest BCUT2D eigenvalue weighted by molar-refractivity contribution is 5.39. The maximum Gasteiger partial charge on any atom is 0.168 e. The normalized spacial score (nSPS) is 10.4. The van der Waals surface area contributed by atoms with Crippen LogP contribution < -0.4 is 10.6 Å². The van der Waals surface area contributed by atoms with Crippen molar-refractivity contribution in [2.45, 2.75) is 13.3 Å². The molecule has 2 N–H and O–H groups in total. The quantitative estimate of drug-likeness (QED) is 0.810. The Labute approximate surface area is 87.9 Å². The zero-order chi connectivity index (χ0) is 11.3. The topological polar surface area (TPSA) is 42.1 Å². The van der Waals surface area contributed by atoms with Crippen molar-refractivity contribution in [2.75, 3.05) is 24.5 Å². The molecule has 1 heterocycles. The van der Waals surface area contributed by atoms with E-state index in [9.17, 15) is 8.78 Å². The first-order valence-corrected chi connectivity index (χ1v) is 4.95. The standard InChI is InChI=1S/C10H15F2N3/c1-2-15(5-3-4-13)10-9(12)6-8(11)7-14-10/h6-7H,2-5,13H2,1H3. The summed E-state index contributed by atoms with van der Waals surface area (Å²) in [6.45, 7) is 3.68. The van der Waals surface area contributed by atoms with Crippen LogP contribution in [-0.2, 0) is 0 Å². The lowest BCUT2D eigenvalue weighted by Gasteiger charge is -2.21. The fraction of sp³-hybridized carbons (Fsp3) is 0.500. The van der Waals surface area contributed by atoms with Crippen LogP contribution in [0.15, 0.2) is 12.3 Å². The molecule has 0 fully saturated rings. The summed E-state index contributed by atoms with van der Waals surface area (Å²) in [5.41, 5.74) is 5.37. The highest BCUT2D eigenvalue weighted by Gasteiger charge is 2.11. The van der Waals surface area contributed by atoms with Crippen LogP contribution >= 0.6 is 0 Å². The summed E-state index contributed by atoms with van der Waals surface area (Å²) in [4.78, 5) is 5.47. The van der Waals surface area contributed by atoms with Gasteiger partial charge in [-0.3, -0.25) is 0 Å². The van der Waals surface area contributed by atoms with Gasteiger partial charge >= 0.3 is 0 Å². The molecule has 0 radical (unpaired) electrons. The first kappa shape index (κ1) is 11.8. The lowest BCUT2D eigenvalue weighted by Crippen LogP contribution is -2.27. The third-order valence-electron chi connectivity index (χ3n) is 2.10. The number of rotatable bonds is 5. The van der Waals surface area contributed by atoms with Gasteiger partial charge in [0.2, 0.25) is 0 Å². The minimum Gasteiger partial charge on any atom is -0.354 e. The second-order valence-corrected chi connectivity index (χ2v) is 3.18. The first-order valence-electron chi connectivity index (χ1n) is 4.95. The molecule has 1 aromatic rings. The van der Waals surface area contributed by atoms with Crippen molar-refractivity contribution in [3.8, 4) is 0 Å². The summed E-state index contributed by atoms with van der Waals surface area (Å²) in [5.74, 6) is -1.10. The highest BCUT2D eigenvalue weighted by atomic mass is 19.1. The van der Waals surface area contributed by atoms with Crippen LogP contribution in [0.25, 0.3) is 0 Å². The van der Waals surface area contributed by atoms with Crippen LogP contribution in [0.1, 0.15) is 13.3 Å². The number of hydrogen-bond acceptors (Lipinski definition) is 3. The van der Waals surface area contributed by atoms with Gasteiger partial charge in [0, 0.05) is 19.2 Å². The third-order valence-corrected chi connectivity index (χ3v) is 2.10. The summed E-state index contributed by atoms with van der Waals surface area (Å²) < 4.78 is 26.0. The molecule has 5 heteroatoms. The van der Waals surface area contributed by atoms with Crippen molar-refractivity contribution in [1.82, 2.24) is 4.98 Å². The van der Waals surface area contributed by atoms with Gasteiger partial charge in [0.25, 0.3) is 0 Å². The average Bonchev–Trinajstić information content (AvgIpc) is 2.21. The molecule has 0 aromatic carbocycles. The van der Waals surface area contributed by atoms with Gasteiger partial charge < -0.3 is 10.6 Å². The fourth-order valence-electron chi connectivity index (χ4n) is 1.34. The Bertz CT molecular complexity index is 318. The van der Waals surface area contributed by atoms with E-state index < -0.39 is 11.6 Å². The van der Waals surface area contributed by atoms with E-state index in [4.69, 9.17) is 5.73 Å². The predicted octanol–water partition coefficient (Wildman–Crippen LogP) is 1.53. The van der Waals surface area contributed by atoms with Crippen molar-refractivity contribution >= 4 is 5.82 Å². The molecular weight excluding hydrogens is 200 g/mol. The van der Waals surface area contributed by atoms with Gasteiger partial charge in [-0.15, -0.1) is 0 Å². The van der Waals surface area contributed by atoms with E-state index in [2.05, 4.69) is 4.98 Å². The zero-order valence-electron chi connectivity index (χ0n) is 8.71. The number of aromatic nitrogens is 1. The molecular formula is C10H15F2N3. The van der Waals surface area contributed by atoms with Crippen molar-refractivity contribution in [3.63, 3.8) is 0 Å². The van der Waals surface area contributed by atoms with Crippen LogP contribution in [0.2, 0.25) is 0 Å². The predicted molar refractivity (Wildman–Crippen MR) is 55.7 cm³/mol. The molecule has 0 aliphatic carbocycles. The third kappa shape index (κ3) is 3.13. The van der Waals surface area contributed by atoms with Crippen molar-refractivity contribution < 1.29 is 8.78 Å². The van der Waals surface area contributed by atoms with Crippen LogP contribution in [-0.4, -0.2) is 24.6 Å². The van der Waals surface area contributed by atoms with E-state index in [0.29, 0.717) is 19.6 Å². The van der Waals surface area contributed by atoms with Crippen molar-refractivity contribution in [1.29, 1.82) is 0 Å². The Morgan fingerprint density at radius 2 is 2.20 bits per heavy atom. The van der Waals surface area contributed by atoms with Gasteiger partial charge in [0.15, 0.2) is 11.6 Å². The van der Waals surface area contributed by atoms with Gasteiger partial charge in [0.05, 0.1) is 6.20 Å². The molecule has 3 nitrogen and oxygen atoms in total. The molecule has 0 spiro atoms. The van der Waals surface area contributed by atoms with Gasteiger partial charge in [-0.2, -0.15) is 0 Å². The van der Waals surface area contributed by atoms with Crippen LogP contribution in [0.5, 0.6) is 0 Å². The van der Waals surface area contributed by atoms with E-state index in [1.165, 1.54) is 0 Å². The minimum absolute atomic E-state index is 0.187. The number of halogens is 2. The lowest BCUT2D eigenvalue weighted by atomic mass is 10.3. The van der Waals surface area contributed by atoms with Crippen LogP contribution in [0.4, 0.5) is 14.6 Å². The Hall–Kier alpha value is -1.23. The highest BCUT2D eigenvalue weighted by Crippen LogP contribution is 2.16. The zero-order valence-corrected chi connectivity index (χ0v) is 8.71. The number of hydrogen-bond donors (Lipinski definition) is 1. The van der Waals surface area contributed by atoms with E-state index >= 15 is 0 Å². The first-order chi connectivity index (χ1) is 7.19. The summed E-state index contributed by atoms with van der Waals surface area (Å²) in [5, 5.41) is 0. The summed E-state index contributed by atoms with van der Waals surface area (Å²) in [6.07, 6.45) is 1.77. The molecule has 0 unspecified atom stereocenters. The molecule has 84 valence electrons. The number of anilines is 1. The second kappa shape index (κ2) is 5.60. The molecule has 0 aliphatic rings. The smallest absolute Gasteiger partial charge is 0.168 e. The maximum atomic E-state index is 13.3. The summed E-state index contributed by atoms with van der Waals surface area (Å²) >= 11 is 0. The van der Waals surface area contributed by atoms with Gasteiger partial charge in [0.1, 0.15) is 5.82 Å². The molecule has 0 bridgehead atoms. The SMILES string of the molecule is CCN(CCCN)c1ncc(F)cc1F. The monoisotopic (exact) mass is 215 g/mol. The largest absolute Gasteiger partial charge is 0.354 e. The van der Waals surface area contributed by atoms with Gasteiger partial charge in [-0.25, -0.2) is 13.8 Å². The molecule has 0 amide bonds. The minimum atomic E-state index is -0.661. The fourth-order valence-corrected chi connectivity index (χ4v) is 1.34. The number of nitrogens with zero attached hydrogens (tertiary/aromatic N) is 2. The summed E-state index contributed by atoms with van der Waals surface area (Å²) in [6, 6.07) is 0.841. The maximum absolute atomic E-state index is 13.3. The molecule has 1 rings (SSSR count). The average molecular weight is 215 g/mol. The van der Waals surface area contributed by atoms with Crippen LogP contribution in [0.3, 0.4) is 0 Å². The van der Waals surface area contributed by atoms with E-state index in [-0.39, 0.29) is 5.82 Å². The second-order valence-electron chi connectivity index (χ2n) is 3.18. The molecule has 1 aromatic heterocycles. The molecule has 0 saturated carbocycles. The van der Waals surface area contributed by atoms with Gasteiger partial charge in [-0.1, -0.05) is 0 Å². The molecule has 0 atom stereocenters. The Kier molecular flexibility index (Phi) is 4.42. The van der Waals surface area contributed by atoms with E-state index in [0.717, 1.165) is 18.7 Å². The Morgan fingerprint density at radius 3 is 2.73 bits per heavy atom. The molecule has 0 aliphatic heterocycles. The van der Waals surface area contributed by atoms with Crippen LogP contribution in [0, 0.1) is 11.6 Å². The molecule has 0 saturated heterocycles.